The molecule has 0 unspecified atom stereocenters. The number of thioether (sulfide) groups is 1. The molecule has 3 aromatic carbocycles. The number of hydrogen-bond acceptors (Lipinski definition) is 7. The number of esters is 1. The van der Waals surface area contributed by atoms with Crippen molar-refractivity contribution in [1.82, 2.24) is 24.1 Å². The van der Waals surface area contributed by atoms with E-state index in [0.29, 0.717) is 34.0 Å². The molecule has 0 aliphatic rings. The van der Waals surface area contributed by atoms with Crippen molar-refractivity contribution in [2.45, 2.75) is 63.8 Å². The number of hydrogen-bond donors (Lipinski definition) is 1. The molecule has 13 heteroatoms. The fraction of sp³-hybridized carbons (Fsp3) is 0.317. The van der Waals surface area contributed by atoms with E-state index in [1.165, 1.54) is 17.5 Å². The van der Waals surface area contributed by atoms with E-state index >= 15 is 0 Å². The van der Waals surface area contributed by atoms with E-state index in [1.807, 2.05) is 42.5 Å². The van der Waals surface area contributed by atoms with Gasteiger partial charge in [-0.05, 0) is 46.6 Å². The Bertz CT molecular complexity index is 2260. The molecule has 0 spiro atoms. The lowest BCUT2D eigenvalue weighted by atomic mass is 9.99. The molecule has 6 rings (SSSR count). The molecule has 0 saturated carbocycles. The standard InChI is InChI=1S/C41H46ClN5O5SSi/c1-27-38(39-32-23-36(40(49)50)47(21-20-37(48)51-7)35(32)19-18-33(39)42)34(44-45(27)5)26-53-25-28-22-29(46(6)43-28)24-52-54(41(2,3)4,30-14-10-8-11-15-30)31-16-12-9-13-17-31/h8-19,22-23H,20-21,24-26H2,1-7H3,(H,49,50). The van der Waals surface area contributed by atoms with Crippen LogP contribution in [0.1, 0.15) is 60.5 Å². The highest BCUT2D eigenvalue weighted by Crippen LogP contribution is 2.41. The number of halogens is 1. The van der Waals surface area contributed by atoms with Gasteiger partial charge < -0.3 is 18.8 Å². The maximum Gasteiger partial charge on any atom is 0.352 e. The smallest absolute Gasteiger partial charge is 0.352 e. The van der Waals surface area contributed by atoms with Crippen LogP contribution in [0.2, 0.25) is 10.1 Å². The van der Waals surface area contributed by atoms with E-state index in [1.54, 1.807) is 34.5 Å². The lowest BCUT2D eigenvalue weighted by molar-refractivity contribution is -0.140. The first-order valence-corrected chi connectivity index (χ1v) is 21.2. The average molecular weight is 784 g/mol. The van der Waals surface area contributed by atoms with Crippen molar-refractivity contribution < 1.29 is 23.9 Å². The van der Waals surface area contributed by atoms with Crippen LogP contribution in [0.4, 0.5) is 0 Å². The molecule has 282 valence electrons. The maximum absolute atomic E-state index is 12.3. The normalized spacial score (nSPS) is 12.1. The number of carboxylic acids is 1. The first-order valence-electron chi connectivity index (χ1n) is 17.8. The summed E-state index contributed by atoms with van der Waals surface area (Å²) in [6.07, 6.45) is 0.0349. The van der Waals surface area contributed by atoms with Crippen molar-refractivity contribution in [3.8, 4) is 11.1 Å². The zero-order valence-corrected chi connectivity index (χ0v) is 34.3. The molecular weight excluding hydrogens is 738 g/mol. The molecule has 3 aromatic heterocycles. The second kappa shape index (κ2) is 16.0. The summed E-state index contributed by atoms with van der Waals surface area (Å²) >= 11 is 8.60. The molecule has 0 amide bonds. The Hall–Kier alpha value is -4.62. The number of methoxy groups -OCH3 is 1. The molecule has 0 bridgehead atoms. The topological polar surface area (TPSA) is 113 Å². The van der Waals surface area contributed by atoms with Crippen LogP contribution in [0.5, 0.6) is 0 Å². The van der Waals surface area contributed by atoms with Crippen LogP contribution in [-0.2, 0) is 52.7 Å². The summed E-state index contributed by atoms with van der Waals surface area (Å²) in [5.41, 5.74) is 5.99. The second-order valence-electron chi connectivity index (χ2n) is 14.4. The quantitative estimate of drug-likeness (QED) is 0.0893. The third kappa shape index (κ3) is 7.52. The number of aromatic carboxylic acids is 1. The predicted molar refractivity (Wildman–Crippen MR) is 218 cm³/mol. The van der Waals surface area contributed by atoms with Crippen molar-refractivity contribution in [1.29, 1.82) is 0 Å². The summed E-state index contributed by atoms with van der Waals surface area (Å²) in [5, 5.41) is 23.3. The minimum atomic E-state index is -2.72. The van der Waals surface area contributed by atoms with Crippen LogP contribution < -0.4 is 10.4 Å². The number of carbonyl (C=O) groups excluding carboxylic acids is 1. The Morgan fingerprint density at radius 2 is 1.54 bits per heavy atom. The molecule has 0 fully saturated rings. The van der Waals surface area contributed by atoms with Crippen molar-refractivity contribution in [2.24, 2.45) is 14.1 Å². The third-order valence-electron chi connectivity index (χ3n) is 10.0. The fourth-order valence-corrected chi connectivity index (χ4v) is 13.0. The van der Waals surface area contributed by atoms with Gasteiger partial charge >= 0.3 is 11.9 Å². The van der Waals surface area contributed by atoms with Gasteiger partial charge in [0.1, 0.15) is 5.69 Å². The van der Waals surface area contributed by atoms with Crippen LogP contribution >= 0.6 is 23.4 Å². The largest absolute Gasteiger partial charge is 0.477 e. The SMILES string of the molecule is COC(=O)CCn1c(C(=O)O)cc2c(-c3c(CSCc4cc(CO[Si](c5ccccc5)(c5ccccc5)C(C)(C)C)n(C)n4)nn(C)c3C)c(Cl)ccc21. The van der Waals surface area contributed by atoms with Crippen molar-refractivity contribution >= 4 is 64.9 Å². The molecule has 54 heavy (non-hydrogen) atoms. The first kappa shape index (κ1) is 39.1. The van der Waals surface area contributed by atoms with Crippen LogP contribution in [-0.4, -0.2) is 56.6 Å². The molecule has 0 saturated heterocycles. The van der Waals surface area contributed by atoms with Gasteiger partial charge in [0.15, 0.2) is 0 Å². The molecule has 0 atom stereocenters. The van der Waals surface area contributed by atoms with Crippen LogP contribution in [0.25, 0.3) is 22.0 Å². The Morgan fingerprint density at radius 1 is 0.889 bits per heavy atom. The van der Waals surface area contributed by atoms with Crippen molar-refractivity contribution in [2.75, 3.05) is 7.11 Å². The van der Waals surface area contributed by atoms with Gasteiger partial charge in [0.25, 0.3) is 8.32 Å². The number of carbonyl (C=O) groups is 2. The third-order valence-corrected chi connectivity index (χ3v) is 16.3. The number of fused-ring (bicyclic) bond motifs is 1. The van der Waals surface area contributed by atoms with Gasteiger partial charge in [-0.25, -0.2) is 4.79 Å². The van der Waals surface area contributed by atoms with E-state index in [4.69, 9.17) is 31.0 Å². The van der Waals surface area contributed by atoms with Gasteiger partial charge in [0, 0.05) is 64.9 Å². The summed E-state index contributed by atoms with van der Waals surface area (Å²) < 4.78 is 17.4. The number of carboxylic acid groups (broad SMARTS) is 1. The Labute approximate surface area is 326 Å². The van der Waals surface area contributed by atoms with E-state index in [-0.39, 0.29) is 23.7 Å². The average Bonchev–Trinajstić information content (AvgIpc) is 3.79. The van der Waals surface area contributed by atoms with Gasteiger partial charge in [-0.15, -0.1) is 11.8 Å². The summed E-state index contributed by atoms with van der Waals surface area (Å²) in [7, 11) is 2.44. The molecule has 3 heterocycles. The van der Waals surface area contributed by atoms with E-state index in [2.05, 4.69) is 75.4 Å². The highest BCUT2D eigenvalue weighted by atomic mass is 35.5. The monoisotopic (exact) mass is 783 g/mol. The van der Waals surface area contributed by atoms with Gasteiger partial charge in [-0.1, -0.05) is 93.0 Å². The Balaban J connectivity index is 1.25. The number of benzene rings is 3. The Kier molecular flexibility index (Phi) is 11.6. The maximum atomic E-state index is 12.3. The highest BCUT2D eigenvalue weighted by molar-refractivity contribution is 7.97. The minimum absolute atomic E-state index is 0.0349. The Morgan fingerprint density at radius 3 is 2.13 bits per heavy atom. The number of aromatic nitrogens is 5. The van der Waals surface area contributed by atoms with E-state index in [0.717, 1.165) is 33.9 Å². The zero-order chi connectivity index (χ0) is 38.8. The van der Waals surface area contributed by atoms with Gasteiger partial charge in [0.05, 0.1) is 37.2 Å². The molecule has 0 aliphatic heterocycles. The van der Waals surface area contributed by atoms with Gasteiger partial charge in [-0.2, -0.15) is 10.2 Å². The first-order chi connectivity index (χ1) is 25.8. The molecule has 0 aliphatic carbocycles. The zero-order valence-electron chi connectivity index (χ0n) is 31.7. The van der Waals surface area contributed by atoms with Crippen LogP contribution in [0.15, 0.2) is 84.9 Å². The van der Waals surface area contributed by atoms with Crippen molar-refractivity contribution in [3.63, 3.8) is 0 Å². The fourth-order valence-electron chi connectivity index (χ4n) is 7.36. The molecule has 0 radical (unpaired) electrons. The molecular formula is C41H46ClN5O5SSi. The molecule has 1 N–H and O–H groups in total. The lowest BCUT2D eigenvalue weighted by Gasteiger charge is -2.43. The number of aryl methyl sites for hydroxylation is 3. The minimum Gasteiger partial charge on any atom is -0.477 e. The van der Waals surface area contributed by atoms with Gasteiger partial charge in [-0.3, -0.25) is 14.2 Å². The molecule has 10 nitrogen and oxygen atoms in total. The molecule has 6 aromatic rings. The van der Waals surface area contributed by atoms with Crippen LogP contribution in [0, 0.1) is 6.92 Å². The number of rotatable bonds is 14. The van der Waals surface area contributed by atoms with Crippen molar-refractivity contribution in [3.05, 3.63) is 118 Å². The highest BCUT2D eigenvalue weighted by Gasteiger charge is 2.50. The number of ether oxygens (including phenoxy) is 1. The van der Waals surface area contributed by atoms with Gasteiger partial charge in [0.2, 0.25) is 0 Å². The van der Waals surface area contributed by atoms with Crippen LogP contribution in [0.3, 0.4) is 0 Å². The second-order valence-corrected chi connectivity index (χ2v) is 20.1. The summed E-state index contributed by atoms with van der Waals surface area (Å²) in [4.78, 5) is 24.3. The van der Waals surface area contributed by atoms with E-state index in [9.17, 15) is 14.7 Å². The van der Waals surface area contributed by atoms with E-state index < -0.39 is 20.3 Å². The number of nitrogens with zero attached hydrogens (tertiary/aromatic N) is 5. The summed E-state index contributed by atoms with van der Waals surface area (Å²) in [5.74, 6) is -0.295. The predicted octanol–water partition coefficient (Wildman–Crippen LogP) is 7.51. The lowest BCUT2D eigenvalue weighted by Crippen LogP contribution is -2.66. The summed E-state index contributed by atoms with van der Waals surface area (Å²) in [6, 6.07) is 28.6. The summed E-state index contributed by atoms with van der Waals surface area (Å²) in [6.45, 7) is 9.38.